The van der Waals surface area contributed by atoms with Crippen molar-refractivity contribution in [1.29, 1.82) is 0 Å². The number of nitroso groups, excluding NO2 is 1. The van der Waals surface area contributed by atoms with Crippen molar-refractivity contribution in [3.8, 4) is 0 Å². The van der Waals surface area contributed by atoms with Crippen LogP contribution in [-0.2, 0) is 6.54 Å². The standard InChI is InChI=1S/C18H16N4O2.ClH/c1-19-18(21-24)22(16-5-3-2-4-6-16)17(23)14-8-7-13-9-10-20-12-15(13)11-14;/h2-11,20H,12H2,1H3;1H. The summed E-state index contributed by atoms with van der Waals surface area (Å²) in [6.07, 6.45) is 3.83. The van der Waals surface area contributed by atoms with Gasteiger partial charge in [0, 0.05) is 24.3 Å². The fourth-order valence-corrected chi connectivity index (χ4v) is 2.58. The number of fused-ring (bicyclic) bond motifs is 1. The molecule has 1 heterocycles. The molecule has 0 fully saturated rings. The van der Waals surface area contributed by atoms with Gasteiger partial charge in [-0.2, -0.15) is 0 Å². The quantitative estimate of drug-likeness (QED) is 0.507. The molecule has 25 heavy (non-hydrogen) atoms. The summed E-state index contributed by atoms with van der Waals surface area (Å²) in [4.78, 5) is 29.2. The molecule has 0 radical (unpaired) electrons. The zero-order valence-corrected chi connectivity index (χ0v) is 14.4. The second kappa shape index (κ2) is 8.21. The van der Waals surface area contributed by atoms with E-state index < -0.39 is 0 Å². The molecule has 1 N–H and O–H groups in total. The van der Waals surface area contributed by atoms with Crippen LogP contribution in [0.25, 0.3) is 6.08 Å². The summed E-state index contributed by atoms with van der Waals surface area (Å²) in [5.74, 6) is -0.527. The van der Waals surface area contributed by atoms with E-state index in [1.807, 2.05) is 30.5 Å². The van der Waals surface area contributed by atoms with Crippen LogP contribution in [-0.4, -0.2) is 18.9 Å². The molecule has 0 spiro atoms. The molecule has 0 saturated heterocycles. The number of benzene rings is 2. The summed E-state index contributed by atoms with van der Waals surface area (Å²) in [5.41, 5.74) is 3.10. The van der Waals surface area contributed by atoms with Gasteiger partial charge in [-0.1, -0.05) is 24.3 Å². The molecular weight excluding hydrogens is 340 g/mol. The molecule has 128 valence electrons. The van der Waals surface area contributed by atoms with Crippen LogP contribution < -0.4 is 10.2 Å². The van der Waals surface area contributed by atoms with Crippen LogP contribution in [0.1, 0.15) is 21.5 Å². The highest BCUT2D eigenvalue weighted by atomic mass is 35.5. The van der Waals surface area contributed by atoms with Crippen molar-refractivity contribution in [3.05, 3.63) is 76.3 Å². The number of hydrogen-bond acceptors (Lipinski definition) is 4. The monoisotopic (exact) mass is 356 g/mol. The predicted molar refractivity (Wildman–Crippen MR) is 102 cm³/mol. The Hall–Kier alpha value is -2.99. The average Bonchev–Trinajstić information content (AvgIpc) is 2.65. The number of para-hydroxylation sites is 1. The summed E-state index contributed by atoms with van der Waals surface area (Å²) in [7, 11) is 1.43. The van der Waals surface area contributed by atoms with Crippen LogP contribution in [0, 0.1) is 4.91 Å². The smallest absolute Gasteiger partial charge is 0.274 e. The summed E-state index contributed by atoms with van der Waals surface area (Å²) in [6, 6.07) is 14.3. The molecule has 6 nitrogen and oxygen atoms in total. The van der Waals surface area contributed by atoms with Crippen molar-refractivity contribution in [1.82, 2.24) is 5.32 Å². The fourth-order valence-electron chi connectivity index (χ4n) is 2.58. The van der Waals surface area contributed by atoms with Gasteiger partial charge in [-0.3, -0.25) is 9.79 Å². The molecule has 7 heteroatoms. The maximum Gasteiger partial charge on any atom is 0.274 e. The number of halogens is 1. The van der Waals surface area contributed by atoms with Gasteiger partial charge in [-0.25, -0.2) is 4.90 Å². The molecule has 2 aromatic rings. The lowest BCUT2D eigenvalue weighted by Gasteiger charge is -2.21. The van der Waals surface area contributed by atoms with Crippen molar-refractivity contribution in [2.24, 2.45) is 10.2 Å². The Balaban J connectivity index is 0.00000225. The molecule has 0 saturated carbocycles. The largest absolute Gasteiger partial charge is 0.387 e. The summed E-state index contributed by atoms with van der Waals surface area (Å²) >= 11 is 0. The molecule has 0 aromatic heterocycles. The second-order valence-electron chi connectivity index (χ2n) is 5.22. The average molecular weight is 357 g/mol. The highest BCUT2D eigenvalue weighted by Crippen LogP contribution is 2.21. The number of carbonyl (C=O) groups is 1. The summed E-state index contributed by atoms with van der Waals surface area (Å²) < 4.78 is 0. The molecule has 0 atom stereocenters. The Bertz CT molecular complexity index is 834. The Morgan fingerprint density at radius 3 is 2.60 bits per heavy atom. The first-order chi connectivity index (χ1) is 11.7. The van der Waals surface area contributed by atoms with Gasteiger partial charge >= 0.3 is 0 Å². The van der Waals surface area contributed by atoms with Crippen LogP contribution in [0.15, 0.2) is 64.9 Å². The highest BCUT2D eigenvalue weighted by molar-refractivity contribution is 6.22. The molecule has 2 aromatic carbocycles. The van der Waals surface area contributed by atoms with Gasteiger partial charge in [0.25, 0.3) is 11.9 Å². The zero-order chi connectivity index (χ0) is 16.9. The number of amides is 1. The van der Waals surface area contributed by atoms with E-state index in [4.69, 9.17) is 0 Å². The minimum atomic E-state index is -0.348. The molecule has 0 unspecified atom stereocenters. The first-order valence-corrected chi connectivity index (χ1v) is 7.47. The van der Waals surface area contributed by atoms with Crippen LogP contribution >= 0.6 is 12.4 Å². The minimum Gasteiger partial charge on any atom is -0.387 e. The van der Waals surface area contributed by atoms with Crippen molar-refractivity contribution >= 4 is 36.0 Å². The molecule has 0 bridgehead atoms. The lowest BCUT2D eigenvalue weighted by molar-refractivity contribution is 0.100. The number of nitrogens with one attached hydrogen (secondary N) is 1. The third-order valence-corrected chi connectivity index (χ3v) is 3.76. The van der Waals surface area contributed by atoms with E-state index in [0.29, 0.717) is 17.8 Å². The maximum atomic E-state index is 13.0. The molecule has 1 aliphatic heterocycles. The van der Waals surface area contributed by atoms with E-state index >= 15 is 0 Å². The van der Waals surface area contributed by atoms with Crippen LogP contribution in [0.3, 0.4) is 0 Å². The van der Waals surface area contributed by atoms with E-state index in [0.717, 1.165) is 11.1 Å². The number of guanidine groups is 1. The van der Waals surface area contributed by atoms with E-state index in [9.17, 15) is 9.70 Å². The SMILES string of the molecule is CN=C(N=O)N(C(=O)c1ccc2c(c1)CNC=C2)c1ccccc1.Cl. The van der Waals surface area contributed by atoms with Crippen molar-refractivity contribution in [3.63, 3.8) is 0 Å². The van der Waals surface area contributed by atoms with Gasteiger partial charge in [-0.15, -0.1) is 17.3 Å². The Morgan fingerprint density at radius 1 is 1.16 bits per heavy atom. The lowest BCUT2D eigenvalue weighted by Crippen LogP contribution is -2.36. The van der Waals surface area contributed by atoms with Crippen LogP contribution in [0.5, 0.6) is 0 Å². The predicted octanol–water partition coefficient (Wildman–Crippen LogP) is 3.58. The van der Waals surface area contributed by atoms with Gasteiger partial charge in [-0.05, 0) is 47.7 Å². The second-order valence-corrected chi connectivity index (χ2v) is 5.22. The summed E-state index contributed by atoms with van der Waals surface area (Å²) in [6.45, 7) is 0.652. The number of aliphatic imine (C=N–C) groups is 1. The Morgan fingerprint density at radius 2 is 1.92 bits per heavy atom. The van der Waals surface area contributed by atoms with Crippen molar-refractivity contribution in [2.45, 2.75) is 6.54 Å². The highest BCUT2D eigenvalue weighted by Gasteiger charge is 2.24. The minimum absolute atomic E-state index is 0. The number of anilines is 1. The first-order valence-electron chi connectivity index (χ1n) is 7.47. The maximum absolute atomic E-state index is 13.0. The number of nitrogens with zero attached hydrogens (tertiary/aromatic N) is 3. The van der Waals surface area contributed by atoms with Gasteiger partial charge in [0.05, 0.1) is 5.69 Å². The third-order valence-electron chi connectivity index (χ3n) is 3.76. The van der Waals surface area contributed by atoms with Gasteiger partial charge < -0.3 is 5.32 Å². The van der Waals surface area contributed by atoms with Gasteiger partial charge in [0.1, 0.15) is 0 Å². The lowest BCUT2D eigenvalue weighted by atomic mass is 10.0. The molecule has 0 aliphatic carbocycles. The van der Waals surface area contributed by atoms with Crippen molar-refractivity contribution in [2.75, 3.05) is 11.9 Å². The van der Waals surface area contributed by atoms with E-state index in [2.05, 4.69) is 15.5 Å². The molecule has 1 aliphatic rings. The van der Waals surface area contributed by atoms with E-state index in [1.165, 1.54) is 11.9 Å². The Kier molecular flexibility index (Phi) is 6.03. The van der Waals surface area contributed by atoms with Crippen LogP contribution in [0.2, 0.25) is 0 Å². The van der Waals surface area contributed by atoms with E-state index in [1.54, 1.807) is 30.3 Å². The molecule has 1 amide bonds. The third kappa shape index (κ3) is 3.75. The number of hydrogen-bond donors (Lipinski definition) is 1. The Labute approximate surface area is 151 Å². The fraction of sp³-hybridized carbons (Fsp3) is 0.111. The van der Waals surface area contributed by atoms with Crippen LogP contribution in [0.4, 0.5) is 5.69 Å². The zero-order valence-electron chi connectivity index (χ0n) is 13.5. The van der Waals surface area contributed by atoms with Crippen molar-refractivity contribution < 1.29 is 4.79 Å². The normalized spacial score (nSPS) is 12.4. The van der Waals surface area contributed by atoms with Gasteiger partial charge in [0.2, 0.25) is 0 Å². The van der Waals surface area contributed by atoms with E-state index in [-0.39, 0.29) is 24.3 Å². The number of carbonyl (C=O) groups excluding carboxylic acids is 1. The first kappa shape index (κ1) is 18.4. The topological polar surface area (TPSA) is 74.1 Å². The molecular formula is C18H17ClN4O2. The molecule has 3 rings (SSSR count). The summed E-state index contributed by atoms with van der Waals surface area (Å²) in [5, 5.41) is 6.01. The van der Waals surface area contributed by atoms with Gasteiger partial charge in [0.15, 0.2) is 0 Å². The number of rotatable bonds is 2.